The lowest BCUT2D eigenvalue weighted by Gasteiger charge is -2.25. The van der Waals surface area contributed by atoms with Gasteiger partial charge < -0.3 is 37.5 Å². The summed E-state index contributed by atoms with van der Waals surface area (Å²) < 4.78 is 0. The van der Waals surface area contributed by atoms with Crippen LogP contribution in [0.15, 0.2) is 42.9 Å². The molecule has 9 N–H and O–H groups in total. The van der Waals surface area contributed by atoms with Gasteiger partial charge in [0.2, 0.25) is 17.7 Å². The molecule has 0 aliphatic carbocycles. The summed E-state index contributed by atoms with van der Waals surface area (Å²) in [5.41, 5.74) is 12.5. The van der Waals surface area contributed by atoms with Crippen molar-refractivity contribution in [2.45, 2.75) is 63.2 Å². The number of unbranched alkanes of at least 4 members (excludes halogenated alkanes) is 1. The summed E-state index contributed by atoms with van der Waals surface area (Å²) >= 11 is 0. The van der Waals surface area contributed by atoms with Crippen molar-refractivity contribution in [1.82, 2.24) is 25.9 Å². The third kappa shape index (κ3) is 9.47. The third-order valence-corrected chi connectivity index (χ3v) is 5.50. The second-order valence-corrected chi connectivity index (χ2v) is 8.57. The number of aromatic amines is 1. The van der Waals surface area contributed by atoms with E-state index in [-0.39, 0.29) is 19.3 Å². The van der Waals surface area contributed by atoms with Crippen molar-refractivity contribution in [2.75, 3.05) is 6.54 Å². The highest BCUT2D eigenvalue weighted by Crippen LogP contribution is 2.08. The number of carbonyl (C=O) groups excluding carboxylic acids is 3. The Balaban J connectivity index is 2.22. The van der Waals surface area contributed by atoms with Gasteiger partial charge in [-0.05, 0) is 38.3 Å². The number of aliphatic carboxylic acids is 1. The molecule has 36 heavy (non-hydrogen) atoms. The van der Waals surface area contributed by atoms with Crippen LogP contribution >= 0.6 is 0 Å². The highest BCUT2D eigenvalue weighted by molar-refractivity contribution is 5.94. The van der Waals surface area contributed by atoms with E-state index >= 15 is 0 Å². The Morgan fingerprint density at radius 2 is 1.56 bits per heavy atom. The fourth-order valence-electron chi connectivity index (χ4n) is 3.48. The fraction of sp³-hybridized carbons (Fsp3) is 0.458. The van der Waals surface area contributed by atoms with Gasteiger partial charge >= 0.3 is 5.97 Å². The van der Waals surface area contributed by atoms with E-state index in [4.69, 9.17) is 11.5 Å². The van der Waals surface area contributed by atoms with Gasteiger partial charge in [-0.15, -0.1) is 0 Å². The molecule has 4 unspecified atom stereocenters. The minimum absolute atomic E-state index is 0.0841. The van der Waals surface area contributed by atoms with Gasteiger partial charge in [-0.1, -0.05) is 30.3 Å². The maximum atomic E-state index is 13.3. The van der Waals surface area contributed by atoms with Crippen molar-refractivity contribution in [3.05, 3.63) is 54.1 Å². The molecule has 0 aliphatic rings. The predicted octanol–water partition coefficient (Wildman–Crippen LogP) is -0.790. The zero-order chi connectivity index (χ0) is 26.5. The number of imidazole rings is 1. The van der Waals surface area contributed by atoms with E-state index in [1.54, 1.807) is 24.3 Å². The Bertz CT molecular complexity index is 982. The largest absolute Gasteiger partial charge is 0.480 e. The van der Waals surface area contributed by atoms with Crippen LogP contribution in [0.1, 0.15) is 37.4 Å². The summed E-state index contributed by atoms with van der Waals surface area (Å²) in [6, 6.07) is 4.88. The maximum absolute atomic E-state index is 13.3. The first kappa shape index (κ1) is 28.5. The molecular formula is C24H35N7O5. The Morgan fingerprint density at radius 1 is 0.944 bits per heavy atom. The first-order chi connectivity index (χ1) is 17.2. The van der Waals surface area contributed by atoms with Crippen LogP contribution in [0, 0.1) is 0 Å². The fourth-order valence-corrected chi connectivity index (χ4v) is 3.48. The standard InChI is InChI=1S/C24H35N7O5/c1-15(26)21(32)30-20(12-17-13-27-14-28-17)23(34)31-19(11-16-7-3-2-4-8-16)22(33)29-18(24(35)36)9-5-6-10-25/h2-4,7-8,13-15,18-20H,5-6,9-12,25-26H2,1H3,(H,27,28)(H,29,33)(H,30,32)(H,31,34)(H,35,36). The van der Waals surface area contributed by atoms with E-state index in [1.165, 1.54) is 19.4 Å². The van der Waals surface area contributed by atoms with Gasteiger partial charge in [-0.2, -0.15) is 0 Å². The van der Waals surface area contributed by atoms with Crippen molar-refractivity contribution in [3.63, 3.8) is 0 Å². The molecule has 12 heteroatoms. The molecule has 0 saturated heterocycles. The van der Waals surface area contributed by atoms with E-state index in [9.17, 15) is 24.3 Å². The lowest BCUT2D eigenvalue weighted by molar-refractivity contribution is -0.142. The molecule has 12 nitrogen and oxygen atoms in total. The number of aromatic nitrogens is 2. The Kier molecular flexibility index (Phi) is 11.5. The molecule has 4 atom stereocenters. The zero-order valence-electron chi connectivity index (χ0n) is 20.3. The number of carbonyl (C=O) groups is 4. The average molecular weight is 502 g/mol. The van der Waals surface area contributed by atoms with Crippen LogP contribution in [-0.2, 0) is 32.0 Å². The third-order valence-electron chi connectivity index (χ3n) is 5.50. The van der Waals surface area contributed by atoms with Gasteiger partial charge in [0.1, 0.15) is 18.1 Å². The van der Waals surface area contributed by atoms with Gasteiger partial charge in [0.05, 0.1) is 12.4 Å². The topological polar surface area (TPSA) is 205 Å². The van der Waals surface area contributed by atoms with Gasteiger partial charge in [0, 0.05) is 24.7 Å². The number of nitrogens with one attached hydrogen (secondary N) is 4. The monoisotopic (exact) mass is 501 g/mol. The van der Waals surface area contributed by atoms with E-state index in [1.807, 2.05) is 6.07 Å². The number of nitrogens with zero attached hydrogens (tertiary/aromatic N) is 1. The number of hydrogen-bond donors (Lipinski definition) is 7. The highest BCUT2D eigenvalue weighted by Gasteiger charge is 2.30. The first-order valence-electron chi connectivity index (χ1n) is 11.8. The van der Waals surface area contributed by atoms with Gasteiger partial charge in [0.15, 0.2) is 0 Å². The van der Waals surface area contributed by atoms with Gasteiger partial charge in [-0.25, -0.2) is 9.78 Å². The molecule has 0 aliphatic heterocycles. The number of rotatable bonds is 15. The molecule has 1 aromatic heterocycles. The Labute approximate surface area is 209 Å². The molecule has 0 spiro atoms. The molecule has 1 heterocycles. The van der Waals surface area contributed by atoms with E-state index in [0.29, 0.717) is 25.1 Å². The Hall–Kier alpha value is -3.77. The molecule has 196 valence electrons. The number of amides is 3. The van der Waals surface area contributed by atoms with E-state index < -0.39 is 47.9 Å². The quantitative estimate of drug-likeness (QED) is 0.154. The van der Waals surface area contributed by atoms with Crippen molar-refractivity contribution < 1.29 is 24.3 Å². The van der Waals surface area contributed by atoms with Crippen LogP contribution in [0.5, 0.6) is 0 Å². The number of carboxylic acids is 1. The molecular weight excluding hydrogens is 466 g/mol. The zero-order valence-corrected chi connectivity index (χ0v) is 20.3. The second kappa shape index (κ2) is 14.6. The van der Waals surface area contributed by atoms with Crippen LogP contribution in [-0.4, -0.2) is 69.5 Å². The summed E-state index contributed by atoms with van der Waals surface area (Å²) in [4.78, 5) is 57.2. The minimum atomic E-state index is -1.17. The highest BCUT2D eigenvalue weighted by atomic mass is 16.4. The maximum Gasteiger partial charge on any atom is 0.326 e. The predicted molar refractivity (Wildman–Crippen MR) is 132 cm³/mol. The van der Waals surface area contributed by atoms with Crippen LogP contribution in [0.3, 0.4) is 0 Å². The van der Waals surface area contributed by atoms with Crippen LogP contribution in [0.4, 0.5) is 0 Å². The number of nitrogens with two attached hydrogens (primary N) is 2. The van der Waals surface area contributed by atoms with E-state index in [2.05, 4.69) is 25.9 Å². The lowest BCUT2D eigenvalue weighted by Crippen LogP contribution is -2.58. The van der Waals surface area contributed by atoms with Crippen molar-refractivity contribution >= 4 is 23.7 Å². The molecule has 0 radical (unpaired) electrons. The number of benzene rings is 1. The molecule has 1 aromatic carbocycles. The number of H-pyrrole nitrogens is 1. The van der Waals surface area contributed by atoms with Crippen molar-refractivity contribution in [1.29, 1.82) is 0 Å². The van der Waals surface area contributed by atoms with Crippen LogP contribution < -0.4 is 27.4 Å². The Morgan fingerprint density at radius 3 is 2.11 bits per heavy atom. The minimum Gasteiger partial charge on any atom is -0.480 e. The number of hydrogen-bond acceptors (Lipinski definition) is 7. The summed E-state index contributed by atoms with van der Waals surface area (Å²) in [6.45, 7) is 1.90. The lowest BCUT2D eigenvalue weighted by atomic mass is 10.0. The van der Waals surface area contributed by atoms with E-state index in [0.717, 1.165) is 5.56 Å². The van der Waals surface area contributed by atoms with Gasteiger partial charge in [0.25, 0.3) is 0 Å². The SMILES string of the molecule is CC(N)C(=O)NC(Cc1cnc[nH]1)C(=O)NC(Cc1ccccc1)C(=O)NC(CCCCN)C(=O)O. The second-order valence-electron chi connectivity index (χ2n) is 8.57. The summed E-state index contributed by atoms with van der Waals surface area (Å²) in [7, 11) is 0. The number of carboxylic acid groups (broad SMARTS) is 1. The molecule has 2 aromatic rings. The van der Waals surface area contributed by atoms with Crippen molar-refractivity contribution in [3.8, 4) is 0 Å². The molecule has 0 saturated carbocycles. The summed E-state index contributed by atoms with van der Waals surface area (Å²) in [5, 5.41) is 17.4. The normalized spacial score (nSPS) is 14.2. The summed E-state index contributed by atoms with van der Waals surface area (Å²) in [6.07, 6.45) is 4.52. The van der Waals surface area contributed by atoms with Gasteiger partial charge in [-0.3, -0.25) is 14.4 Å². The summed E-state index contributed by atoms with van der Waals surface area (Å²) in [5.74, 6) is -2.98. The smallest absolute Gasteiger partial charge is 0.326 e. The molecule has 0 bridgehead atoms. The molecule has 2 rings (SSSR count). The molecule has 0 fully saturated rings. The van der Waals surface area contributed by atoms with Crippen LogP contribution in [0.2, 0.25) is 0 Å². The molecule has 3 amide bonds. The van der Waals surface area contributed by atoms with Crippen molar-refractivity contribution in [2.24, 2.45) is 11.5 Å². The first-order valence-corrected chi connectivity index (χ1v) is 11.8. The van der Waals surface area contributed by atoms with Crippen LogP contribution in [0.25, 0.3) is 0 Å². The average Bonchev–Trinajstić information content (AvgIpc) is 3.36.